The molecule has 96 valence electrons. The van der Waals surface area contributed by atoms with E-state index < -0.39 is 0 Å². The second kappa shape index (κ2) is 5.94. The van der Waals surface area contributed by atoms with Gasteiger partial charge in [-0.15, -0.1) is 11.3 Å². The third-order valence-electron chi connectivity index (χ3n) is 3.49. The summed E-state index contributed by atoms with van der Waals surface area (Å²) in [5.74, 6) is 0. The number of aliphatic hydroxyl groups excluding tert-OH is 1. The molecule has 2 unspecified atom stereocenters. The molecule has 4 heteroatoms. The van der Waals surface area contributed by atoms with E-state index in [9.17, 15) is 5.11 Å². The Bertz CT molecular complexity index is 351. The summed E-state index contributed by atoms with van der Waals surface area (Å²) in [5, 5.41) is 13.2. The maximum Gasteiger partial charge on any atom is 0.0926 e. The molecule has 0 aliphatic carbocycles. The minimum absolute atomic E-state index is 0.236. The minimum Gasteiger partial charge on any atom is -0.392 e. The van der Waals surface area contributed by atoms with Crippen molar-refractivity contribution in [2.75, 3.05) is 6.54 Å². The number of rotatable bonds is 4. The van der Waals surface area contributed by atoms with Gasteiger partial charge in [-0.2, -0.15) is 0 Å². The Hall–Kier alpha value is -0.450. The molecule has 1 aromatic rings. The van der Waals surface area contributed by atoms with Crippen LogP contribution in [0.4, 0.5) is 0 Å². The van der Waals surface area contributed by atoms with E-state index >= 15 is 0 Å². The van der Waals surface area contributed by atoms with E-state index in [1.54, 1.807) is 11.3 Å². The Kier molecular flexibility index (Phi) is 4.54. The van der Waals surface area contributed by atoms with Crippen LogP contribution in [0.1, 0.15) is 43.8 Å². The second-order valence-electron chi connectivity index (χ2n) is 4.86. The van der Waals surface area contributed by atoms with Crippen LogP contribution in [0.5, 0.6) is 0 Å². The maximum absolute atomic E-state index is 9.82. The maximum atomic E-state index is 9.82. The lowest BCUT2D eigenvalue weighted by Crippen LogP contribution is -2.45. The van der Waals surface area contributed by atoms with Gasteiger partial charge in [-0.25, -0.2) is 4.98 Å². The monoisotopic (exact) mass is 254 g/mol. The Morgan fingerprint density at radius 1 is 1.59 bits per heavy atom. The first kappa shape index (κ1) is 13.0. The second-order valence-corrected chi connectivity index (χ2v) is 5.80. The summed E-state index contributed by atoms with van der Waals surface area (Å²) >= 11 is 1.75. The molecule has 1 aromatic heterocycles. The third kappa shape index (κ3) is 3.27. The van der Waals surface area contributed by atoms with Crippen molar-refractivity contribution < 1.29 is 5.11 Å². The summed E-state index contributed by atoms with van der Waals surface area (Å²) in [6.45, 7) is 6.03. The molecule has 0 bridgehead atoms. The molecule has 0 aromatic carbocycles. The van der Waals surface area contributed by atoms with Gasteiger partial charge in [-0.1, -0.05) is 13.3 Å². The molecule has 1 saturated heterocycles. The summed E-state index contributed by atoms with van der Waals surface area (Å²) in [5.41, 5.74) is 1.17. The van der Waals surface area contributed by atoms with Crippen molar-refractivity contribution >= 4 is 11.3 Å². The number of aromatic nitrogens is 1. The number of aryl methyl sites for hydroxylation is 1. The highest BCUT2D eigenvalue weighted by Crippen LogP contribution is 2.22. The van der Waals surface area contributed by atoms with Gasteiger partial charge in [0, 0.05) is 18.0 Å². The smallest absolute Gasteiger partial charge is 0.0926 e. The molecule has 1 N–H and O–H groups in total. The summed E-state index contributed by atoms with van der Waals surface area (Å²) < 4.78 is 0. The SMILES string of the molecule is CCc1nc(CN2CCCCC2C(C)O)cs1. The number of hydrogen-bond acceptors (Lipinski definition) is 4. The van der Waals surface area contributed by atoms with Crippen molar-refractivity contribution in [3.8, 4) is 0 Å². The van der Waals surface area contributed by atoms with Crippen molar-refractivity contribution in [1.82, 2.24) is 9.88 Å². The number of likely N-dealkylation sites (tertiary alicyclic amines) is 1. The molecule has 0 spiro atoms. The lowest BCUT2D eigenvalue weighted by atomic mass is 9.98. The van der Waals surface area contributed by atoms with E-state index in [-0.39, 0.29) is 6.10 Å². The molecule has 2 rings (SSSR count). The van der Waals surface area contributed by atoms with E-state index in [1.165, 1.54) is 23.5 Å². The van der Waals surface area contributed by atoms with Crippen LogP contribution in [0.15, 0.2) is 5.38 Å². The molecule has 1 aliphatic rings. The topological polar surface area (TPSA) is 36.4 Å². The number of aliphatic hydroxyl groups is 1. The van der Waals surface area contributed by atoms with Gasteiger partial charge in [-0.3, -0.25) is 4.90 Å². The van der Waals surface area contributed by atoms with E-state index in [0.29, 0.717) is 6.04 Å². The summed E-state index contributed by atoms with van der Waals surface area (Å²) in [4.78, 5) is 7.00. The number of nitrogens with zero attached hydrogens (tertiary/aromatic N) is 2. The predicted octanol–water partition coefficient (Wildman–Crippen LogP) is 2.44. The molecule has 2 atom stereocenters. The summed E-state index contributed by atoms with van der Waals surface area (Å²) in [6, 6.07) is 0.315. The molecule has 3 nitrogen and oxygen atoms in total. The largest absolute Gasteiger partial charge is 0.392 e. The van der Waals surface area contributed by atoms with E-state index in [4.69, 9.17) is 0 Å². The first-order valence-electron chi connectivity index (χ1n) is 6.56. The van der Waals surface area contributed by atoms with Crippen LogP contribution in [0, 0.1) is 0 Å². The van der Waals surface area contributed by atoms with Crippen LogP contribution in [0.2, 0.25) is 0 Å². The van der Waals surface area contributed by atoms with Crippen molar-refractivity contribution in [2.45, 2.75) is 58.2 Å². The highest BCUT2D eigenvalue weighted by atomic mass is 32.1. The molecule has 1 fully saturated rings. The Morgan fingerprint density at radius 2 is 2.41 bits per heavy atom. The van der Waals surface area contributed by atoms with Crippen molar-refractivity contribution in [3.63, 3.8) is 0 Å². The van der Waals surface area contributed by atoms with Crippen molar-refractivity contribution in [2.24, 2.45) is 0 Å². The predicted molar refractivity (Wildman–Crippen MR) is 71.2 cm³/mol. The first-order chi connectivity index (χ1) is 8.20. The van der Waals surface area contributed by atoms with Crippen LogP contribution < -0.4 is 0 Å². The standard InChI is InChI=1S/C13H22N2OS/c1-3-13-14-11(9-17-13)8-15-7-5-4-6-12(15)10(2)16/h9-10,12,16H,3-8H2,1-2H3. The Labute approximate surface area is 107 Å². The number of piperidine rings is 1. The molecule has 2 heterocycles. The highest BCUT2D eigenvalue weighted by molar-refractivity contribution is 7.09. The average molecular weight is 254 g/mol. The van der Waals surface area contributed by atoms with Crippen LogP contribution in [0.3, 0.4) is 0 Å². The zero-order chi connectivity index (χ0) is 12.3. The van der Waals surface area contributed by atoms with Gasteiger partial charge in [0.2, 0.25) is 0 Å². The van der Waals surface area contributed by atoms with Gasteiger partial charge in [-0.05, 0) is 32.7 Å². The number of thiazole rings is 1. The molecule has 0 saturated carbocycles. The Balaban J connectivity index is 2.00. The van der Waals surface area contributed by atoms with Crippen LogP contribution in [-0.2, 0) is 13.0 Å². The fourth-order valence-corrected chi connectivity index (χ4v) is 3.29. The van der Waals surface area contributed by atoms with Gasteiger partial charge in [0.25, 0.3) is 0 Å². The lowest BCUT2D eigenvalue weighted by Gasteiger charge is -2.36. The fourth-order valence-electron chi connectivity index (χ4n) is 2.55. The molecule has 17 heavy (non-hydrogen) atoms. The zero-order valence-corrected chi connectivity index (χ0v) is 11.5. The van der Waals surface area contributed by atoms with Crippen LogP contribution >= 0.6 is 11.3 Å². The van der Waals surface area contributed by atoms with Gasteiger partial charge in [0.1, 0.15) is 0 Å². The van der Waals surface area contributed by atoms with E-state index in [0.717, 1.165) is 25.9 Å². The van der Waals surface area contributed by atoms with E-state index in [2.05, 4.69) is 22.2 Å². The molecule has 0 radical (unpaired) electrons. The number of hydrogen-bond donors (Lipinski definition) is 1. The normalized spacial score (nSPS) is 23.8. The van der Waals surface area contributed by atoms with Gasteiger partial charge in [0.05, 0.1) is 16.8 Å². The fraction of sp³-hybridized carbons (Fsp3) is 0.769. The van der Waals surface area contributed by atoms with Crippen molar-refractivity contribution in [1.29, 1.82) is 0 Å². The van der Waals surface area contributed by atoms with Crippen LogP contribution in [0.25, 0.3) is 0 Å². The summed E-state index contributed by atoms with van der Waals surface area (Å²) in [6.07, 6.45) is 4.38. The lowest BCUT2D eigenvalue weighted by molar-refractivity contribution is 0.0310. The van der Waals surface area contributed by atoms with Crippen molar-refractivity contribution in [3.05, 3.63) is 16.1 Å². The van der Waals surface area contributed by atoms with Gasteiger partial charge >= 0.3 is 0 Å². The highest BCUT2D eigenvalue weighted by Gasteiger charge is 2.26. The van der Waals surface area contributed by atoms with E-state index in [1.807, 2.05) is 6.92 Å². The molecular weight excluding hydrogens is 232 g/mol. The minimum atomic E-state index is -0.236. The Morgan fingerprint density at radius 3 is 3.06 bits per heavy atom. The quantitative estimate of drug-likeness (QED) is 0.896. The first-order valence-corrected chi connectivity index (χ1v) is 7.44. The average Bonchev–Trinajstić information content (AvgIpc) is 2.77. The van der Waals surface area contributed by atoms with Gasteiger partial charge in [0.15, 0.2) is 0 Å². The van der Waals surface area contributed by atoms with Gasteiger partial charge < -0.3 is 5.11 Å². The molecule has 1 aliphatic heterocycles. The third-order valence-corrected chi connectivity index (χ3v) is 4.53. The molecular formula is C13H22N2OS. The van der Waals surface area contributed by atoms with Crippen LogP contribution in [-0.4, -0.2) is 33.7 Å². The molecule has 0 amide bonds. The summed E-state index contributed by atoms with van der Waals surface area (Å²) in [7, 11) is 0. The zero-order valence-electron chi connectivity index (χ0n) is 10.7.